The Bertz CT molecular complexity index is 300. The second-order valence-electron chi connectivity index (χ2n) is 6.37. The lowest BCUT2D eigenvalue weighted by Crippen LogP contribution is -2.50. The molecule has 1 atom stereocenters. The van der Waals surface area contributed by atoms with Crippen LogP contribution < -0.4 is 0 Å². The molecule has 2 aliphatic heterocycles. The second-order valence-corrected chi connectivity index (χ2v) is 6.37. The van der Waals surface area contributed by atoms with Gasteiger partial charge in [-0.15, -0.1) is 0 Å². The highest BCUT2D eigenvalue weighted by atomic mass is 16.2. The van der Waals surface area contributed by atoms with Gasteiger partial charge < -0.3 is 4.90 Å². The van der Waals surface area contributed by atoms with Crippen LogP contribution in [0.15, 0.2) is 0 Å². The van der Waals surface area contributed by atoms with E-state index in [0.717, 1.165) is 13.1 Å². The zero-order valence-electron chi connectivity index (χ0n) is 12.8. The molecule has 0 radical (unpaired) electrons. The fraction of sp³-hybridized carbons (Fsp3) is 0.933. The third kappa shape index (κ3) is 3.93. The minimum Gasteiger partial charge on any atom is -0.342 e. The molecule has 2 fully saturated rings. The Labute approximate surface area is 117 Å². The van der Waals surface area contributed by atoms with E-state index in [1.807, 2.05) is 11.9 Å². The number of piperidine rings is 1. The number of likely N-dealkylation sites (tertiary alicyclic amines) is 2. The zero-order chi connectivity index (χ0) is 13.8. The van der Waals surface area contributed by atoms with Gasteiger partial charge in [0.1, 0.15) is 0 Å². The van der Waals surface area contributed by atoms with E-state index in [9.17, 15) is 4.79 Å². The number of hydrogen-bond acceptors (Lipinski definition) is 3. The van der Waals surface area contributed by atoms with Crippen molar-refractivity contribution in [3.05, 3.63) is 0 Å². The number of likely N-dealkylation sites (N-methyl/N-ethyl adjacent to an activating group) is 1. The van der Waals surface area contributed by atoms with Crippen LogP contribution in [0.4, 0.5) is 0 Å². The van der Waals surface area contributed by atoms with Gasteiger partial charge in [0.25, 0.3) is 0 Å². The normalized spacial score (nSPS) is 26.0. The molecule has 110 valence electrons. The molecule has 19 heavy (non-hydrogen) atoms. The van der Waals surface area contributed by atoms with Crippen LogP contribution in [0.25, 0.3) is 0 Å². The summed E-state index contributed by atoms with van der Waals surface area (Å²) in [6, 6.07) is 0.986. The monoisotopic (exact) mass is 267 g/mol. The van der Waals surface area contributed by atoms with Crippen LogP contribution in [0.1, 0.15) is 39.5 Å². The Morgan fingerprint density at radius 2 is 1.89 bits per heavy atom. The van der Waals surface area contributed by atoms with Crippen molar-refractivity contribution in [2.75, 3.05) is 39.8 Å². The topological polar surface area (TPSA) is 26.8 Å². The van der Waals surface area contributed by atoms with E-state index in [0.29, 0.717) is 18.6 Å². The van der Waals surface area contributed by atoms with Gasteiger partial charge in [0.2, 0.25) is 5.91 Å². The molecule has 2 heterocycles. The van der Waals surface area contributed by atoms with Crippen LogP contribution in [-0.2, 0) is 4.79 Å². The second kappa shape index (κ2) is 6.71. The molecule has 1 amide bonds. The average molecular weight is 267 g/mol. The Morgan fingerprint density at radius 3 is 2.53 bits per heavy atom. The molecular formula is C15H29N3O. The van der Waals surface area contributed by atoms with Crippen molar-refractivity contribution in [3.63, 3.8) is 0 Å². The highest BCUT2D eigenvalue weighted by molar-refractivity contribution is 5.78. The maximum absolute atomic E-state index is 12.2. The molecule has 1 unspecified atom stereocenters. The number of hydrogen-bond donors (Lipinski definition) is 0. The number of carbonyl (C=O) groups excluding carboxylic acids is 1. The van der Waals surface area contributed by atoms with E-state index in [2.05, 4.69) is 23.6 Å². The Balaban J connectivity index is 1.82. The molecule has 4 nitrogen and oxygen atoms in total. The Morgan fingerprint density at radius 1 is 1.21 bits per heavy atom. The predicted molar refractivity (Wildman–Crippen MR) is 78.2 cm³/mol. The summed E-state index contributed by atoms with van der Waals surface area (Å²) in [6.07, 6.45) is 5.25. The van der Waals surface area contributed by atoms with Gasteiger partial charge in [-0.25, -0.2) is 0 Å². The molecule has 0 N–H and O–H groups in total. The summed E-state index contributed by atoms with van der Waals surface area (Å²) < 4.78 is 0. The molecule has 0 saturated carbocycles. The van der Waals surface area contributed by atoms with E-state index in [1.54, 1.807) is 0 Å². The van der Waals surface area contributed by atoms with Gasteiger partial charge in [-0.05, 0) is 59.2 Å². The number of nitrogens with zero attached hydrogens (tertiary/aromatic N) is 3. The fourth-order valence-electron chi connectivity index (χ4n) is 3.17. The van der Waals surface area contributed by atoms with E-state index >= 15 is 0 Å². The van der Waals surface area contributed by atoms with Gasteiger partial charge in [-0.2, -0.15) is 0 Å². The van der Waals surface area contributed by atoms with Gasteiger partial charge in [0, 0.05) is 25.7 Å². The lowest BCUT2D eigenvalue weighted by molar-refractivity contribution is -0.133. The average Bonchev–Trinajstić information content (AvgIpc) is 2.91. The minimum absolute atomic E-state index is 0.261. The number of amides is 1. The van der Waals surface area contributed by atoms with Gasteiger partial charge in [-0.1, -0.05) is 0 Å². The SMILES string of the molecule is CC(C)N(C)C(=O)CN1CCCC(N2CCCC2)C1. The van der Waals surface area contributed by atoms with Crippen molar-refractivity contribution in [3.8, 4) is 0 Å². The first-order valence-corrected chi connectivity index (χ1v) is 7.80. The van der Waals surface area contributed by atoms with Crippen molar-refractivity contribution in [2.24, 2.45) is 0 Å². The highest BCUT2D eigenvalue weighted by Crippen LogP contribution is 2.20. The summed E-state index contributed by atoms with van der Waals surface area (Å²) in [5.74, 6) is 0.261. The summed E-state index contributed by atoms with van der Waals surface area (Å²) in [6.45, 7) is 9.43. The molecule has 2 rings (SSSR count). The van der Waals surface area contributed by atoms with Crippen LogP contribution in [0, 0.1) is 0 Å². The van der Waals surface area contributed by atoms with E-state index in [-0.39, 0.29) is 5.91 Å². The first kappa shape index (κ1) is 14.8. The highest BCUT2D eigenvalue weighted by Gasteiger charge is 2.28. The molecular weight excluding hydrogens is 238 g/mol. The molecule has 0 aromatic carbocycles. The van der Waals surface area contributed by atoms with Crippen molar-refractivity contribution >= 4 is 5.91 Å². The summed E-state index contributed by atoms with van der Waals surface area (Å²) in [4.78, 5) is 19.0. The quantitative estimate of drug-likeness (QED) is 0.770. The lowest BCUT2D eigenvalue weighted by atomic mass is 10.0. The van der Waals surface area contributed by atoms with Gasteiger partial charge in [-0.3, -0.25) is 14.6 Å². The van der Waals surface area contributed by atoms with Crippen molar-refractivity contribution in [1.82, 2.24) is 14.7 Å². The summed E-state index contributed by atoms with van der Waals surface area (Å²) in [5, 5.41) is 0. The molecule has 0 aliphatic carbocycles. The van der Waals surface area contributed by atoms with Crippen LogP contribution >= 0.6 is 0 Å². The van der Waals surface area contributed by atoms with Crippen molar-refractivity contribution in [1.29, 1.82) is 0 Å². The zero-order valence-corrected chi connectivity index (χ0v) is 12.8. The first-order valence-electron chi connectivity index (χ1n) is 7.80. The van der Waals surface area contributed by atoms with E-state index in [4.69, 9.17) is 0 Å². The largest absolute Gasteiger partial charge is 0.342 e. The molecule has 0 aromatic heterocycles. The van der Waals surface area contributed by atoms with Crippen molar-refractivity contribution < 1.29 is 4.79 Å². The summed E-state index contributed by atoms with van der Waals surface area (Å²) in [7, 11) is 1.91. The number of rotatable bonds is 4. The van der Waals surface area contributed by atoms with Crippen LogP contribution in [0.3, 0.4) is 0 Å². The van der Waals surface area contributed by atoms with Gasteiger partial charge in [0.05, 0.1) is 6.54 Å². The smallest absolute Gasteiger partial charge is 0.236 e. The first-order chi connectivity index (χ1) is 9.08. The summed E-state index contributed by atoms with van der Waals surface area (Å²) >= 11 is 0. The lowest BCUT2D eigenvalue weighted by Gasteiger charge is -2.38. The van der Waals surface area contributed by atoms with Crippen LogP contribution in [0.5, 0.6) is 0 Å². The molecule has 0 aromatic rings. The third-order valence-corrected chi connectivity index (χ3v) is 4.66. The van der Waals surface area contributed by atoms with Crippen LogP contribution in [0.2, 0.25) is 0 Å². The molecule has 0 bridgehead atoms. The van der Waals surface area contributed by atoms with E-state index in [1.165, 1.54) is 38.8 Å². The van der Waals surface area contributed by atoms with Crippen molar-refractivity contribution in [2.45, 2.75) is 51.6 Å². The molecule has 2 aliphatic rings. The van der Waals surface area contributed by atoms with Gasteiger partial charge in [0.15, 0.2) is 0 Å². The number of carbonyl (C=O) groups is 1. The Hall–Kier alpha value is -0.610. The minimum atomic E-state index is 0.261. The maximum atomic E-state index is 12.2. The summed E-state index contributed by atoms with van der Waals surface area (Å²) in [5.41, 5.74) is 0. The molecule has 4 heteroatoms. The maximum Gasteiger partial charge on any atom is 0.236 e. The van der Waals surface area contributed by atoms with Crippen LogP contribution in [-0.4, -0.2) is 72.5 Å². The molecule has 2 saturated heterocycles. The third-order valence-electron chi connectivity index (χ3n) is 4.66. The predicted octanol–water partition coefficient (Wildman–Crippen LogP) is 1.41. The fourth-order valence-corrected chi connectivity index (χ4v) is 3.17. The molecule has 0 spiro atoms. The van der Waals surface area contributed by atoms with Gasteiger partial charge >= 0.3 is 0 Å². The standard InChI is InChI=1S/C15H29N3O/c1-13(2)16(3)15(19)12-17-8-6-7-14(11-17)18-9-4-5-10-18/h13-14H,4-12H2,1-3H3. The van der Waals surface area contributed by atoms with E-state index < -0.39 is 0 Å². The Kier molecular flexibility index (Phi) is 5.22.